The molecule has 4 heterocycles. The van der Waals surface area contributed by atoms with Gasteiger partial charge in [-0.2, -0.15) is 4.98 Å². The average Bonchev–Trinajstić information content (AvgIpc) is 3.40. The van der Waals surface area contributed by atoms with E-state index in [4.69, 9.17) is 14.0 Å². The Kier molecular flexibility index (Phi) is 3.67. The van der Waals surface area contributed by atoms with Gasteiger partial charge in [-0.3, -0.25) is 4.90 Å². The molecule has 3 aromatic rings. The highest BCUT2D eigenvalue weighted by atomic mass is 16.5. The summed E-state index contributed by atoms with van der Waals surface area (Å²) in [5.41, 5.74) is 3.00. The van der Waals surface area contributed by atoms with Gasteiger partial charge in [-0.1, -0.05) is 40.6 Å². The van der Waals surface area contributed by atoms with Crippen LogP contribution < -0.4 is 0 Å². The third-order valence-electron chi connectivity index (χ3n) is 5.89. The van der Waals surface area contributed by atoms with Crippen LogP contribution in [0.4, 0.5) is 0 Å². The van der Waals surface area contributed by atoms with E-state index in [-0.39, 0.29) is 0 Å². The minimum Gasteiger partial charge on any atom is -0.361 e. The molecule has 2 aliphatic rings. The van der Waals surface area contributed by atoms with Gasteiger partial charge in [0, 0.05) is 18.0 Å². The molecule has 1 aromatic carbocycles. The third-order valence-corrected chi connectivity index (χ3v) is 5.89. The maximum atomic E-state index is 5.59. The zero-order valence-corrected chi connectivity index (χ0v) is 15.1. The molecule has 134 valence electrons. The molecular formula is C20H22N4O2. The van der Waals surface area contributed by atoms with E-state index in [0.717, 1.165) is 30.0 Å². The van der Waals surface area contributed by atoms with Crippen LogP contribution in [0.1, 0.15) is 54.1 Å². The van der Waals surface area contributed by atoms with Crippen LogP contribution in [0.15, 0.2) is 39.4 Å². The molecule has 0 saturated carbocycles. The van der Waals surface area contributed by atoms with E-state index >= 15 is 0 Å². The molecule has 0 unspecified atom stereocenters. The van der Waals surface area contributed by atoms with Gasteiger partial charge in [0.05, 0.1) is 5.69 Å². The SMILES string of the molecule is Cc1noc(C)c1-c1nc([C@H]2C[C@@H](c3ccccc3)N3CCC[C@H]23)no1. The van der Waals surface area contributed by atoms with E-state index in [2.05, 4.69) is 45.5 Å². The quantitative estimate of drug-likeness (QED) is 0.710. The monoisotopic (exact) mass is 350 g/mol. The summed E-state index contributed by atoms with van der Waals surface area (Å²) in [5.74, 6) is 2.36. The highest BCUT2D eigenvalue weighted by Gasteiger charge is 2.46. The van der Waals surface area contributed by atoms with E-state index in [9.17, 15) is 0 Å². The standard InChI is InChI=1S/C20H22N4O2/c1-12-18(13(2)25-22-12)20-21-19(23-26-20)15-11-17(14-7-4-3-5-8-14)24-10-6-9-16(15)24/h3-5,7-8,15-17H,6,9-11H2,1-2H3/t15-,16+,17-/m0/s1. The lowest BCUT2D eigenvalue weighted by Gasteiger charge is -2.24. The highest BCUT2D eigenvalue weighted by molar-refractivity contribution is 5.58. The van der Waals surface area contributed by atoms with Crippen molar-refractivity contribution in [1.29, 1.82) is 0 Å². The predicted octanol–water partition coefficient (Wildman–Crippen LogP) is 4.03. The van der Waals surface area contributed by atoms with Crippen LogP contribution >= 0.6 is 0 Å². The fraction of sp³-hybridized carbons (Fsp3) is 0.450. The zero-order valence-electron chi connectivity index (χ0n) is 15.1. The van der Waals surface area contributed by atoms with Gasteiger partial charge in [-0.15, -0.1) is 0 Å². The summed E-state index contributed by atoms with van der Waals surface area (Å²) >= 11 is 0. The van der Waals surface area contributed by atoms with Crippen LogP contribution in [0.2, 0.25) is 0 Å². The van der Waals surface area contributed by atoms with Gasteiger partial charge in [0.1, 0.15) is 11.3 Å². The van der Waals surface area contributed by atoms with Crippen LogP contribution in [0.3, 0.4) is 0 Å². The van der Waals surface area contributed by atoms with Gasteiger partial charge in [0.25, 0.3) is 5.89 Å². The predicted molar refractivity (Wildman–Crippen MR) is 95.5 cm³/mol. The second-order valence-electron chi connectivity index (χ2n) is 7.37. The second-order valence-corrected chi connectivity index (χ2v) is 7.37. The van der Waals surface area contributed by atoms with Gasteiger partial charge < -0.3 is 9.05 Å². The van der Waals surface area contributed by atoms with Crippen molar-refractivity contribution < 1.29 is 9.05 Å². The van der Waals surface area contributed by atoms with Crippen molar-refractivity contribution >= 4 is 0 Å². The van der Waals surface area contributed by atoms with Crippen LogP contribution in [0, 0.1) is 13.8 Å². The molecule has 2 saturated heterocycles. The van der Waals surface area contributed by atoms with Crippen molar-refractivity contribution in [3.8, 4) is 11.5 Å². The molecule has 2 fully saturated rings. The van der Waals surface area contributed by atoms with Gasteiger partial charge in [0.2, 0.25) is 0 Å². The summed E-state index contributed by atoms with van der Waals surface area (Å²) in [4.78, 5) is 7.37. The Balaban J connectivity index is 1.47. The zero-order chi connectivity index (χ0) is 17.7. The Morgan fingerprint density at radius 1 is 1.08 bits per heavy atom. The summed E-state index contributed by atoms with van der Waals surface area (Å²) < 4.78 is 10.8. The number of aryl methyl sites for hydroxylation is 2. The number of nitrogens with zero attached hydrogens (tertiary/aromatic N) is 4. The second kappa shape index (κ2) is 6.06. The van der Waals surface area contributed by atoms with Crippen molar-refractivity contribution in [1.82, 2.24) is 20.2 Å². The van der Waals surface area contributed by atoms with Gasteiger partial charge in [-0.25, -0.2) is 0 Å². The number of rotatable bonds is 3. The minimum absolute atomic E-state index is 0.306. The van der Waals surface area contributed by atoms with Crippen molar-refractivity contribution in [3.05, 3.63) is 53.2 Å². The lowest BCUT2D eigenvalue weighted by molar-refractivity contribution is 0.243. The number of aromatic nitrogens is 3. The lowest BCUT2D eigenvalue weighted by Crippen LogP contribution is -2.27. The van der Waals surface area contributed by atoms with E-state index in [1.165, 1.54) is 18.4 Å². The van der Waals surface area contributed by atoms with E-state index in [1.54, 1.807) is 0 Å². The highest BCUT2D eigenvalue weighted by Crippen LogP contribution is 2.48. The smallest absolute Gasteiger partial charge is 0.263 e. The molecular weight excluding hydrogens is 328 g/mol. The Hall–Kier alpha value is -2.47. The Labute approximate surface area is 152 Å². The molecule has 5 rings (SSSR count). The first-order valence-corrected chi connectivity index (χ1v) is 9.30. The van der Waals surface area contributed by atoms with E-state index in [0.29, 0.717) is 29.7 Å². The molecule has 0 radical (unpaired) electrons. The van der Waals surface area contributed by atoms with Crippen molar-refractivity contribution in [2.24, 2.45) is 0 Å². The van der Waals surface area contributed by atoms with Crippen LogP contribution in [0.25, 0.3) is 11.5 Å². The summed E-state index contributed by atoms with van der Waals surface area (Å²) in [6.07, 6.45) is 3.47. The maximum absolute atomic E-state index is 5.59. The molecule has 0 aliphatic carbocycles. The normalized spacial score (nSPS) is 25.7. The molecule has 0 amide bonds. The van der Waals surface area contributed by atoms with Crippen molar-refractivity contribution in [2.75, 3.05) is 6.54 Å². The average molecular weight is 350 g/mol. The first kappa shape index (κ1) is 15.8. The molecule has 0 bridgehead atoms. The fourth-order valence-corrected chi connectivity index (χ4v) is 4.72. The third kappa shape index (κ3) is 2.40. The lowest BCUT2D eigenvalue weighted by atomic mass is 9.94. The number of fused-ring (bicyclic) bond motifs is 1. The number of hydrogen-bond donors (Lipinski definition) is 0. The molecule has 6 heteroatoms. The number of benzene rings is 1. The Morgan fingerprint density at radius 2 is 1.92 bits per heavy atom. The summed E-state index contributed by atoms with van der Waals surface area (Å²) in [6.45, 7) is 4.92. The van der Waals surface area contributed by atoms with Crippen molar-refractivity contribution in [3.63, 3.8) is 0 Å². The van der Waals surface area contributed by atoms with Crippen LogP contribution in [-0.4, -0.2) is 32.8 Å². The molecule has 26 heavy (non-hydrogen) atoms. The molecule has 6 nitrogen and oxygen atoms in total. The molecule has 0 spiro atoms. The Morgan fingerprint density at radius 3 is 2.69 bits per heavy atom. The minimum atomic E-state index is 0.306. The van der Waals surface area contributed by atoms with Crippen LogP contribution in [0.5, 0.6) is 0 Å². The molecule has 0 N–H and O–H groups in total. The molecule has 2 aliphatic heterocycles. The summed E-state index contributed by atoms with van der Waals surface area (Å²) in [5, 5.41) is 8.34. The fourth-order valence-electron chi connectivity index (χ4n) is 4.72. The molecule has 2 aromatic heterocycles. The van der Waals surface area contributed by atoms with Gasteiger partial charge in [0.15, 0.2) is 5.82 Å². The van der Waals surface area contributed by atoms with Crippen LogP contribution in [-0.2, 0) is 0 Å². The van der Waals surface area contributed by atoms with Gasteiger partial charge in [-0.05, 0) is 45.2 Å². The number of hydrogen-bond acceptors (Lipinski definition) is 6. The Bertz CT molecular complexity index is 898. The molecule has 3 atom stereocenters. The van der Waals surface area contributed by atoms with E-state index < -0.39 is 0 Å². The largest absolute Gasteiger partial charge is 0.361 e. The van der Waals surface area contributed by atoms with E-state index in [1.807, 2.05) is 13.8 Å². The first-order chi connectivity index (χ1) is 12.7. The topological polar surface area (TPSA) is 68.2 Å². The maximum Gasteiger partial charge on any atom is 0.263 e. The van der Waals surface area contributed by atoms with Gasteiger partial charge >= 0.3 is 0 Å². The summed E-state index contributed by atoms with van der Waals surface area (Å²) in [7, 11) is 0. The van der Waals surface area contributed by atoms with Crippen molar-refractivity contribution in [2.45, 2.75) is 51.1 Å². The summed E-state index contributed by atoms with van der Waals surface area (Å²) in [6, 6.07) is 11.7. The first-order valence-electron chi connectivity index (χ1n) is 9.30.